The molecule has 0 saturated heterocycles. The lowest BCUT2D eigenvalue weighted by Gasteiger charge is -2.09. The first-order valence-corrected chi connectivity index (χ1v) is 10.9. The second kappa shape index (κ2) is 9.51. The molecule has 3 aromatic carbocycles. The lowest BCUT2D eigenvalue weighted by atomic mass is 10.0. The molecule has 0 aliphatic carbocycles. The van der Waals surface area contributed by atoms with Crippen molar-refractivity contribution in [3.63, 3.8) is 0 Å². The summed E-state index contributed by atoms with van der Waals surface area (Å²) >= 11 is 12.4. The minimum Gasteiger partial charge on any atom is -0.508 e. The van der Waals surface area contributed by atoms with Gasteiger partial charge in [0.15, 0.2) is 0 Å². The number of aryl methyl sites for hydroxylation is 1. The van der Waals surface area contributed by atoms with Crippen molar-refractivity contribution in [1.82, 2.24) is 9.55 Å². The minimum atomic E-state index is 0.230. The van der Waals surface area contributed by atoms with Gasteiger partial charge in [-0.15, -0.1) is 0 Å². The van der Waals surface area contributed by atoms with E-state index in [0.717, 1.165) is 46.1 Å². The van der Waals surface area contributed by atoms with Gasteiger partial charge in [-0.1, -0.05) is 41.4 Å². The first-order valence-electron chi connectivity index (χ1n) is 10.2. The molecule has 0 atom stereocenters. The number of rotatable bonds is 6. The van der Waals surface area contributed by atoms with Crippen LogP contribution in [0.1, 0.15) is 18.3 Å². The summed E-state index contributed by atoms with van der Waals surface area (Å²) < 4.78 is 7.61. The molecule has 0 saturated carbocycles. The standard InChI is InChI=1S/C26H22Cl2N2O2/c1-3-30-16-24(22-10-9-20(27)15-23(22)28)29-26(30)12-8-19-13-18(7-11-25(19)32-2)17-5-4-6-21(31)14-17/h4-16,31H,3H2,1-2H3. The fourth-order valence-corrected chi connectivity index (χ4v) is 4.04. The van der Waals surface area contributed by atoms with Crippen molar-refractivity contribution in [2.45, 2.75) is 13.5 Å². The molecule has 0 bridgehead atoms. The van der Waals surface area contributed by atoms with Crippen LogP contribution in [0.25, 0.3) is 34.5 Å². The lowest BCUT2D eigenvalue weighted by molar-refractivity contribution is 0.414. The van der Waals surface area contributed by atoms with Gasteiger partial charge in [0.25, 0.3) is 0 Å². The number of methoxy groups -OCH3 is 1. The van der Waals surface area contributed by atoms with Crippen molar-refractivity contribution in [2.75, 3.05) is 7.11 Å². The van der Waals surface area contributed by atoms with Gasteiger partial charge in [-0.25, -0.2) is 4.98 Å². The number of halogens is 2. The number of imidazole rings is 1. The van der Waals surface area contributed by atoms with Crippen LogP contribution in [0.5, 0.6) is 11.5 Å². The van der Waals surface area contributed by atoms with Gasteiger partial charge in [0.2, 0.25) is 0 Å². The summed E-state index contributed by atoms with van der Waals surface area (Å²) in [5.41, 5.74) is 4.44. The molecule has 0 aliphatic rings. The molecule has 0 radical (unpaired) electrons. The number of benzene rings is 3. The first-order chi connectivity index (χ1) is 15.5. The summed E-state index contributed by atoms with van der Waals surface area (Å²) in [4.78, 5) is 4.78. The maximum Gasteiger partial charge on any atom is 0.133 e. The molecule has 0 aliphatic heterocycles. The predicted molar refractivity (Wildman–Crippen MR) is 132 cm³/mol. The molecule has 32 heavy (non-hydrogen) atoms. The van der Waals surface area contributed by atoms with Crippen molar-refractivity contribution in [3.8, 4) is 33.9 Å². The number of phenols is 1. The number of ether oxygens (including phenoxy) is 1. The van der Waals surface area contributed by atoms with Crippen LogP contribution in [0.3, 0.4) is 0 Å². The molecule has 1 aromatic heterocycles. The summed E-state index contributed by atoms with van der Waals surface area (Å²) in [6.45, 7) is 2.83. The van der Waals surface area contributed by atoms with Crippen LogP contribution in [-0.4, -0.2) is 21.8 Å². The van der Waals surface area contributed by atoms with Crippen LogP contribution >= 0.6 is 23.2 Å². The van der Waals surface area contributed by atoms with Gasteiger partial charge >= 0.3 is 0 Å². The molecular formula is C26H22Cl2N2O2. The second-order valence-electron chi connectivity index (χ2n) is 7.23. The van der Waals surface area contributed by atoms with Crippen molar-refractivity contribution >= 4 is 35.4 Å². The highest BCUT2D eigenvalue weighted by molar-refractivity contribution is 6.36. The van der Waals surface area contributed by atoms with E-state index in [0.29, 0.717) is 10.0 Å². The van der Waals surface area contributed by atoms with Crippen LogP contribution in [0.15, 0.2) is 66.9 Å². The summed E-state index contributed by atoms with van der Waals surface area (Å²) in [6.07, 6.45) is 5.92. The van der Waals surface area contributed by atoms with E-state index in [1.165, 1.54) is 0 Å². The molecule has 4 nitrogen and oxygen atoms in total. The molecule has 0 amide bonds. The number of nitrogens with zero attached hydrogens (tertiary/aromatic N) is 2. The zero-order chi connectivity index (χ0) is 22.7. The molecule has 0 fully saturated rings. The van der Waals surface area contributed by atoms with Gasteiger partial charge in [0.1, 0.15) is 17.3 Å². The van der Waals surface area contributed by atoms with Crippen molar-refractivity contribution in [3.05, 3.63) is 88.3 Å². The van der Waals surface area contributed by atoms with E-state index < -0.39 is 0 Å². The van der Waals surface area contributed by atoms with E-state index in [2.05, 4.69) is 11.5 Å². The molecule has 4 rings (SSSR count). The summed E-state index contributed by atoms with van der Waals surface area (Å²) in [7, 11) is 1.65. The average molecular weight is 465 g/mol. The zero-order valence-corrected chi connectivity index (χ0v) is 19.2. The highest BCUT2D eigenvalue weighted by Gasteiger charge is 2.11. The molecule has 1 heterocycles. The Morgan fingerprint density at radius 1 is 1.00 bits per heavy atom. The summed E-state index contributed by atoms with van der Waals surface area (Å²) in [5, 5.41) is 11.0. The maximum absolute atomic E-state index is 9.82. The van der Waals surface area contributed by atoms with Crippen LogP contribution in [-0.2, 0) is 6.54 Å². The van der Waals surface area contributed by atoms with Crippen molar-refractivity contribution in [2.24, 2.45) is 0 Å². The summed E-state index contributed by atoms with van der Waals surface area (Å²) in [6, 6.07) is 18.5. The minimum absolute atomic E-state index is 0.230. The zero-order valence-electron chi connectivity index (χ0n) is 17.7. The number of phenolic OH excluding ortho intramolecular Hbond substituents is 1. The molecule has 6 heteroatoms. The quantitative estimate of drug-likeness (QED) is 0.322. The Kier molecular flexibility index (Phi) is 6.54. The van der Waals surface area contributed by atoms with E-state index >= 15 is 0 Å². The highest BCUT2D eigenvalue weighted by atomic mass is 35.5. The molecule has 0 unspecified atom stereocenters. The molecule has 0 spiro atoms. The van der Waals surface area contributed by atoms with Crippen LogP contribution in [0, 0.1) is 0 Å². The molecule has 1 N–H and O–H groups in total. The van der Waals surface area contributed by atoms with Crippen LogP contribution in [0.4, 0.5) is 0 Å². The Morgan fingerprint density at radius 3 is 2.53 bits per heavy atom. The van der Waals surface area contributed by atoms with Gasteiger partial charge in [-0.05, 0) is 72.7 Å². The average Bonchev–Trinajstić information content (AvgIpc) is 3.20. The van der Waals surface area contributed by atoms with Gasteiger partial charge in [-0.2, -0.15) is 0 Å². The first kappa shape index (κ1) is 22.0. The predicted octanol–water partition coefficient (Wildman–Crippen LogP) is 7.43. The lowest BCUT2D eigenvalue weighted by Crippen LogP contribution is -1.95. The smallest absolute Gasteiger partial charge is 0.133 e. The fraction of sp³-hybridized carbons (Fsp3) is 0.115. The van der Waals surface area contributed by atoms with Gasteiger partial charge < -0.3 is 14.4 Å². The normalized spacial score (nSPS) is 11.2. The fourth-order valence-electron chi connectivity index (χ4n) is 3.54. The van der Waals surface area contributed by atoms with Gasteiger partial charge in [-0.3, -0.25) is 0 Å². The van der Waals surface area contributed by atoms with Crippen LogP contribution < -0.4 is 4.74 Å². The second-order valence-corrected chi connectivity index (χ2v) is 8.08. The Bertz CT molecular complexity index is 1290. The largest absolute Gasteiger partial charge is 0.508 e. The number of aromatic nitrogens is 2. The van der Waals surface area contributed by atoms with Crippen LogP contribution in [0.2, 0.25) is 10.0 Å². The van der Waals surface area contributed by atoms with E-state index in [9.17, 15) is 5.11 Å². The third kappa shape index (κ3) is 4.67. The van der Waals surface area contributed by atoms with E-state index in [1.54, 1.807) is 31.4 Å². The molecule has 4 aromatic rings. The van der Waals surface area contributed by atoms with Crippen molar-refractivity contribution < 1.29 is 9.84 Å². The van der Waals surface area contributed by atoms with Gasteiger partial charge in [0.05, 0.1) is 17.8 Å². The molecular weight excluding hydrogens is 443 g/mol. The number of aromatic hydroxyl groups is 1. The Hall–Kier alpha value is -3.21. The highest BCUT2D eigenvalue weighted by Crippen LogP contribution is 2.32. The molecule has 162 valence electrons. The Balaban J connectivity index is 1.71. The number of hydrogen-bond donors (Lipinski definition) is 1. The Labute approximate surface area is 197 Å². The van der Waals surface area contributed by atoms with Crippen molar-refractivity contribution in [1.29, 1.82) is 0 Å². The van der Waals surface area contributed by atoms with E-state index in [1.807, 2.05) is 54.7 Å². The summed E-state index contributed by atoms with van der Waals surface area (Å²) in [5.74, 6) is 1.79. The third-order valence-corrected chi connectivity index (χ3v) is 5.72. The topological polar surface area (TPSA) is 47.3 Å². The van der Waals surface area contributed by atoms with E-state index in [-0.39, 0.29) is 5.75 Å². The maximum atomic E-state index is 9.82. The van der Waals surface area contributed by atoms with Gasteiger partial charge in [0, 0.05) is 28.9 Å². The van der Waals surface area contributed by atoms with E-state index in [4.69, 9.17) is 32.9 Å². The monoisotopic (exact) mass is 464 g/mol. The Morgan fingerprint density at radius 2 is 1.81 bits per heavy atom. The third-order valence-electron chi connectivity index (χ3n) is 5.18. The number of hydrogen-bond acceptors (Lipinski definition) is 3. The SMILES string of the molecule is CCn1cc(-c2ccc(Cl)cc2Cl)nc1C=Cc1cc(-c2cccc(O)c2)ccc1OC.